The van der Waals surface area contributed by atoms with Crippen LogP contribution in [0.3, 0.4) is 0 Å². The number of aromatic nitrogens is 2. The highest BCUT2D eigenvalue weighted by Crippen LogP contribution is 2.40. The van der Waals surface area contributed by atoms with Gasteiger partial charge in [-0.25, -0.2) is 4.79 Å². The van der Waals surface area contributed by atoms with Crippen molar-refractivity contribution in [3.63, 3.8) is 0 Å². The molecule has 1 unspecified atom stereocenters. The highest BCUT2D eigenvalue weighted by molar-refractivity contribution is 6.30. The highest BCUT2D eigenvalue weighted by atomic mass is 35.5. The Bertz CT molecular complexity index is 1200. The summed E-state index contributed by atoms with van der Waals surface area (Å²) in [4.78, 5) is 19.3. The van der Waals surface area contributed by atoms with Crippen LogP contribution in [0.2, 0.25) is 5.02 Å². The van der Waals surface area contributed by atoms with Crippen molar-refractivity contribution in [1.82, 2.24) is 20.4 Å². The summed E-state index contributed by atoms with van der Waals surface area (Å²) in [6.07, 6.45) is 0. The zero-order valence-corrected chi connectivity index (χ0v) is 19.6. The predicted octanol–water partition coefficient (Wildman–Crippen LogP) is 5.26. The van der Waals surface area contributed by atoms with E-state index < -0.39 is 6.04 Å². The molecule has 0 bridgehead atoms. The summed E-state index contributed by atoms with van der Waals surface area (Å²) in [5.74, 6) is 1.25. The summed E-state index contributed by atoms with van der Waals surface area (Å²) in [5.41, 5.74) is 2.78. The molecule has 0 fully saturated rings. The van der Waals surface area contributed by atoms with Gasteiger partial charge in [-0.3, -0.25) is 4.90 Å². The number of hydrogen-bond acceptors (Lipinski definition) is 6. The Kier molecular flexibility index (Phi) is 6.29. The van der Waals surface area contributed by atoms with E-state index in [1.807, 2.05) is 32.9 Å². The molecule has 2 aromatic carbocycles. The fraction of sp³-hybridized carbons (Fsp3) is 0.292. The van der Waals surface area contributed by atoms with E-state index in [1.165, 1.54) is 7.11 Å². The standard InChI is InChI=1S/C24H25ClN4O4/c1-13(2)12-29-14(3)20(23-27-22(28-33-23)15-5-8-17(25)9-6-15)21(26-24(29)31)16-7-10-19(32-4)18(30)11-16/h5-11,13,21,30H,12H2,1-4H3,(H,26,31). The number of hydrogen-bond donors (Lipinski definition) is 2. The zero-order chi connectivity index (χ0) is 23.7. The van der Waals surface area contributed by atoms with E-state index in [0.29, 0.717) is 40.0 Å². The normalized spacial score (nSPS) is 16.4. The number of phenols is 1. The molecular weight excluding hydrogens is 444 g/mol. The van der Waals surface area contributed by atoms with Crippen molar-refractivity contribution in [2.24, 2.45) is 5.92 Å². The first-order valence-corrected chi connectivity index (χ1v) is 10.9. The number of amides is 2. The van der Waals surface area contributed by atoms with Gasteiger partial charge in [0.25, 0.3) is 5.89 Å². The number of methoxy groups -OCH3 is 1. The van der Waals surface area contributed by atoms with Crippen LogP contribution < -0.4 is 10.1 Å². The number of nitrogens with zero attached hydrogens (tertiary/aromatic N) is 3. The number of urea groups is 1. The average molecular weight is 469 g/mol. The molecule has 4 rings (SSSR count). The Morgan fingerprint density at radius 1 is 1.24 bits per heavy atom. The summed E-state index contributed by atoms with van der Waals surface area (Å²) >= 11 is 5.99. The lowest BCUT2D eigenvalue weighted by atomic mass is 9.94. The second-order valence-corrected chi connectivity index (χ2v) is 8.68. The van der Waals surface area contributed by atoms with Gasteiger partial charge in [-0.2, -0.15) is 4.98 Å². The van der Waals surface area contributed by atoms with Crippen molar-refractivity contribution in [3.8, 4) is 22.9 Å². The Balaban J connectivity index is 1.82. The molecule has 8 nitrogen and oxygen atoms in total. The van der Waals surface area contributed by atoms with Gasteiger partial charge in [0.1, 0.15) is 0 Å². The van der Waals surface area contributed by atoms with Gasteiger partial charge in [0.05, 0.1) is 18.7 Å². The van der Waals surface area contributed by atoms with Gasteiger partial charge >= 0.3 is 6.03 Å². The number of ether oxygens (including phenoxy) is 1. The molecule has 0 saturated carbocycles. The van der Waals surface area contributed by atoms with Crippen molar-refractivity contribution < 1.29 is 19.2 Å². The van der Waals surface area contributed by atoms with Crippen molar-refractivity contribution in [2.75, 3.05) is 13.7 Å². The van der Waals surface area contributed by atoms with Crippen LogP contribution >= 0.6 is 11.6 Å². The first-order chi connectivity index (χ1) is 15.8. The summed E-state index contributed by atoms with van der Waals surface area (Å²) in [5, 5.41) is 18.1. The van der Waals surface area contributed by atoms with Crippen LogP contribution in [0.5, 0.6) is 11.5 Å². The number of halogens is 1. The molecule has 2 amide bonds. The predicted molar refractivity (Wildman–Crippen MR) is 125 cm³/mol. The van der Waals surface area contributed by atoms with Crippen LogP contribution in [0.4, 0.5) is 4.79 Å². The molecule has 1 aromatic heterocycles. The highest BCUT2D eigenvalue weighted by Gasteiger charge is 2.36. The first-order valence-electron chi connectivity index (χ1n) is 10.5. The van der Waals surface area contributed by atoms with Crippen molar-refractivity contribution in [2.45, 2.75) is 26.8 Å². The molecule has 33 heavy (non-hydrogen) atoms. The third kappa shape index (κ3) is 4.52. The van der Waals surface area contributed by atoms with Crippen molar-refractivity contribution in [1.29, 1.82) is 0 Å². The van der Waals surface area contributed by atoms with E-state index in [4.69, 9.17) is 20.9 Å². The van der Waals surface area contributed by atoms with Crippen LogP contribution in [0.25, 0.3) is 17.0 Å². The molecule has 1 atom stereocenters. The number of phenolic OH excluding ortho intramolecular Hbond substituents is 1. The summed E-state index contributed by atoms with van der Waals surface area (Å²) in [6.45, 7) is 6.47. The Labute approximate surface area is 196 Å². The second kappa shape index (κ2) is 9.15. The number of nitrogens with one attached hydrogen (secondary N) is 1. The molecule has 0 spiro atoms. The third-order valence-electron chi connectivity index (χ3n) is 5.44. The molecule has 2 N–H and O–H groups in total. The van der Waals surface area contributed by atoms with Gasteiger partial charge in [0.2, 0.25) is 5.82 Å². The van der Waals surface area contributed by atoms with Gasteiger partial charge in [-0.1, -0.05) is 36.7 Å². The zero-order valence-electron chi connectivity index (χ0n) is 18.8. The number of aromatic hydroxyl groups is 1. The summed E-state index contributed by atoms with van der Waals surface area (Å²) in [7, 11) is 1.48. The molecule has 0 saturated heterocycles. The Morgan fingerprint density at radius 2 is 1.97 bits per heavy atom. The number of benzene rings is 2. The average Bonchev–Trinajstić information content (AvgIpc) is 3.26. The molecule has 3 aromatic rings. The van der Waals surface area contributed by atoms with E-state index in [9.17, 15) is 9.90 Å². The molecule has 1 aliphatic heterocycles. The molecule has 0 radical (unpaired) electrons. The summed E-state index contributed by atoms with van der Waals surface area (Å²) in [6, 6.07) is 11.3. The number of allylic oxidation sites excluding steroid dienone is 1. The SMILES string of the molecule is COc1ccc(C2NC(=O)N(CC(C)C)C(C)=C2c2nc(-c3ccc(Cl)cc3)no2)cc1O. The molecule has 0 aliphatic carbocycles. The minimum Gasteiger partial charge on any atom is -0.504 e. The largest absolute Gasteiger partial charge is 0.504 e. The van der Waals surface area contributed by atoms with Crippen molar-refractivity contribution in [3.05, 3.63) is 64.6 Å². The maximum atomic E-state index is 13.0. The maximum Gasteiger partial charge on any atom is 0.322 e. The van der Waals surface area contributed by atoms with Gasteiger partial charge in [-0.05, 0) is 54.8 Å². The number of rotatable bonds is 6. The molecule has 172 valence electrons. The van der Waals surface area contributed by atoms with Gasteiger partial charge in [0, 0.05) is 22.8 Å². The van der Waals surface area contributed by atoms with Crippen LogP contribution in [0.1, 0.15) is 38.3 Å². The molecule has 2 heterocycles. The number of carbonyl (C=O) groups excluding carboxylic acids is 1. The van der Waals surface area contributed by atoms with E-state index in [2.05, 4.69) is 15.5 Å². The minimum absolute atomic E-state index is 0.0294. The van der Waals surface area contributed by atoms with E-state index in [-0.39, 0.29) is 23.6 Å². The van der Waals surface area contributed by atoms with E-state index in [1.54, 1.807) is 35.2 Å². The van der Waals surface area contributed by atoms with E-state index in [0.717, 1.165) is 5.56 Å². The quantitative estimate of drug-likeness (QED) is 0.512. The lowest BCUT2D eigenvalue weighted by Crippen LogP contribution is -2.47. The second-order valence-electron chi connectivity index (χ2n) is 8.25. The molecular formula is C24H25ClN4O4. The fourth-order valence-corrected chi connectivity index (χ4v) is 3.96. The lowest BCUT2D eigenvalue weighted by molar-refractivity contribution is 0.199. The summed E-state index contributed by atoms with van der Waals surface area (Å²) < 4.78 is 10.8. The number of carbonyl (C=O) groups is 1. The fourth-order valence-electron chi connectivity index (χ4n) is 3.83. The molecule has 1 aliphatic rings. The monoisotopic (exact) mass is 468 g/mol. The van der Waals surface area contributed by atoms with Crippen molar-refractivity contribution >= 4 is 23.2 Å². The van der Waals surface area contributed by atoms with E-state index >= 15 is 0 Å². The van der Waals surface area contributed by atoms with Crippen LogP contribution in [-0.2, 0) is 0 Å². The first kappa shape index (κ1) is 22.7. The Hall–Kier alpha value is -3.52. The van der Waals surface area contributed by atoms with Gasteiger partial charge in [-0.15, -0.1) is 0 Å². The van der Waals surface area contributed by atoms with Gasteiger partial charge < -0.3 is 19.7 Å². The third-order valence-corrected chi connectivity index (χ3v) is 5.69. The smallest absolute Gasteiger partial charge is 0.322 e. The topological polar surface area (TPSA) is 101 Å². The lowest BCUT2D eigenvalue weighted by Gasteiger charge is -2.36. The maximum absolute atomic E-state index is 13.0. The van der Waals surface area contributed by atoms with Crippen LogP contribution in [-0.4, -0.2) is 39.8 Å². The Morgan fingerprint density at radius 3 is 2.61 bits per heavy atom. The van der Waals surface area contributed by atoms with Gasteiger partial charge in [0.15, 0.2) is 11.5 Å². The van der Waals surface area contributed by atoms with Crippen LogP contribution in [0, 0.1) is 5.92 Å². The minimum atomic E-state index is -0.601. The molecule has 9 heteroatoms. The van der Waals surface area contributed by atoms with Crippen LogP contribution in [0.15, 0.2) is 52.7 Å².